The number of esters is 1. The van der Waals surface area contributed by atoms with Gasteiger partial charge in [0.05, 0.1) is 33.8 Å². The number of amides is 1. The molecule has 0 spiro atoms. The number of ether oxygens (including phenoxy) is 1. The summed E-state index contributed by atoms with van der Waals surface area (Å²) in [6.07, 6.45) is 71.6. The van der Waals surface area contributed by atoms with Crippen molar-refractivity contribution in [3.63, 3.8) is 0 Å². The number of carbonyl (C=O) groups is 2. The van der Waals surface area contributed by atoms with Crippen molar-refractivity contribution in [1.82, 2.24) is 5.32 Å². The molecule has 0 rings (SSSR count). The number of phosphoric ester groups is 1. The van der Waals surface area contributed by atoms with E-state index in [0.717, 1.165) is 64.2 Å². The molecule has 434 valence electrons. The first-order valence-electron chi connectivity index (χ1n) is 31.0. The Labute approximate surface area is 463 Å². The molecule has 0 aliphatic heterocycles. The lowest BCUT2D eigenvalue weighted by molar-refractivity contribution is -0.870. The molecule has 0 aliphatic carbocycles. The van der Waals surface area contributed by atoms with Gasteiger partial charge in [-0.15, -0.1) is 0 Å². The Hall–Kier alpha value is -2.81. The largest absolute Gasteiger partial charge is 0.472 e. The van der Waals surface area contributed by atoms with Crippen LogP contribution in [0.3, 0.4) is 0 Å². The molecule has 1 amide bonds. The zero-order chi connectivity index (χ0) is 55.0. The van der Waals surface area contributed by atoms with Crippen LogP contribution in [-0.4, -0.2) is 74.3 Å². The Morgan fingerprint density at radius 2 is 0.853 bits per heavy atom. The molecule has 0 aromatic carbocycles. The van der Waals surface area contributed by atoms with E-state index < -0.39 is 20.0 Å². The molecule has 9 nitrogen and oxygen atoms in total. The highest BCUT2D eigenvalue weighted by molar-refractivity contribution is 7.47. The van der Waals surface area contributed by atoms with Gasteiger partial charge in [0.15, 0.2) is 0 Å². The number of allylic oxidation sites excluding steroid dienone is 13. The summed E-state index contributed by atoms with van der Waals surface area (Å²) in [5.74, 6) is -0.553. The van der Waals surface area contributed by atoms with Crippen LogP contribution in [0.4, 0.5) is 0 Å². The van der Waals surface area contributed by atoms with E-state index in [1.807, 2.05) is 94.1 Å². The van der Waals surface area contributed by atoms with Crippen LogP contribution < -0.4 is 5.32 Å². The van der Waals surface area contributed by atoms with Gasteiger partial charge in [-0.3, -0.25) is 18.6 Å². The van der Waals surface area contributed by atoms with E-state index in [1.165, 1.54) is 161 Å². The van der Waals surface area contributed by atoms with Gasteiger partial charge in [-0.2, -0.15) is 0 Å². The van der Waals surface area contributed by atoms with Crippen molar-refractivity contribution in [2.45, 2.75) is 277 Å². The number of rotatable bonds is 55. The first kappa shape index (κ1) is 72.2. The molecule has 10 heteroatoms. The fraction of sp³-hybridized carbons (Fsp3) is 0.754. The molecule has 0 aliphatic rings. The number of hydrogen-bond donors (Lipinski definition) is 2. The molecule has 0 heterocycles. The van der Waals surface area contributed by atoms with Gasteiger partial charge in [-0.25, -0.2) is 4.57 Å². The highest BCUT2D eigenvalue weighted by Crippen LogP contribution is 2.43. The molecular formula is C65H118N2O7P+. The van der Waals surface area contributed by atoms with Crippen LogP contribution in [0.25, 0.3) is 0 Å². The van der Waals surface area contributed by atoms with Gasteiger partial charge in [-0.1, -0.05) is 286 Å². The fourth-order valence-electron chi connectivity index (χ4n) is 8.74. The van der Waals surface area contributed by atoms with Gasteiger partial charge < -0.3 is 19.4 Å². The Morgan fingerprint density at radius 1 is 0.480 bits per heavy atom. The summed E-state index contributed by atoms with van der Waals surface area (Å²) in [5, 5.41) is 3.03. The molecule has 0 bridgehead atoms. The summed E-state index contributed by atoms with van der Waals surface area (Å²) in [7, 11) is 1.46. The van der Waals surface area contributed by atoms with Crippen LogP contribution in [0.15, 0.2) is 85.1 Å². The average molecular weight is 1070 g/mol. The van der Waals surface area contributed by atoms with Crippen LogP contribution in [0.5, 0.6) is 0 Å². The SMILES string of the molecule is CC\C=C/C=C/C=C/C=C\C=C\C=C\CCCCCC(=O)NC(COP(=O)(O)OCC[N+](C)(C)C)C(/C=C/CCCCCCCCCCC)OC(=O)CCCCCCCCCCCCCCCCCCCCCCC. The molecule has 2 N–H and O–H groups in total. The minimum Gasteiger partial charge on any atom is -0.456 e. The van der Waals surface area contributed by atoms with Gasteiger partial charge in [0.2, 0.25) is 5.91 Å². The second kappa shape index (κ2) is 54.5. The fourth-order valence-corrected chi connectivity index (χ4v) is 9.47. The normalized spacial score (nSPS) is 14.3. The summed E-state index contributed by atoms with van der Waals surface area (Å²) < 4.78 is 30.6. The highest BCUT2D eigenvalue weighted by Gasteiger charge is 2.30. The molecule has 0 saturated heterocycles. The van der Waals surface area contributed by atoms with E-state index in [0.29, 0.717) is 17.4 Å². The number of unbranched alkanes of at least 4 members (excludes halogenated alkanes) is 32. The molecule has 0 aromatic rings. The zero-order valence-corrected chi connectivity index (χ0v) is 50.4. The summed E-state index contributed by atoms with van der Waals surface area (Å²) in [6.45, 7) is 6.84. The standard InChI is InChI=1S/C65H117N2O7P/c1-7-10-13-16-19-22-25-27-29-31-32-33-34-36-38-40-43-46-49-52-55-58-65(69)74-63(56-53-50-47-44-41-24-21-18-15-12-9-3)62(61-73-75(70,71)72-60-59-67(4,5)6)66-64(68)57-54-51-48-45-42-39-37-35-30-28-26-23-20-17-14-11-8-2/h11,14,17,20,23,26,28,30,35,37,39,42,53,56,62-63H,7-10,12-13,15-16,18-19,21-22,24-25,27,29,31-34,36,38,40-41,43-52,54-55,57-61H2,1-6H3,(H-,66,68,70,71)/p+1/b14-11-,20-17+,26-23+,30-28-,37-35+,42-39+,56-53+. The molecule has 0 aromatic heterocycles. The molecule has 0 fully saturated rings. The number of hydrogen-bond acceptors (Lipinski definition) is 6. The molecular weight excluding hydrogens is 952 g/mol. The quantitative estimate of drug-likeness (QED) is 0.0156. The van der Waals surface area contributed by atoms with Crippen molar-refractivity contribution in [2.24, 2.45) is 0 Å². The van der Waals surface area contributed by atoms with E-state index >= 15 is 0 Å². The summed E-state index contributed by atoms with van der Waals surface area (Å²) in [4.78, 5) is 37.7. The van der Waals surface area contributed by atoms with E-state index in [9.17, 15) is 19.0 Å². The first-order chi connectivity index (χ1) is 36.4. The van der Waals surface area contributed by atoms with E-state index in [1.54, 1.807) is 0 Å². The second-order valence-electron chi connectivity index (χ2n) is 22.0. The third-order valence-electron chi connectivity index (χ3n) is 13.5. The van der Waals surface area contributed by atoms with Crippen molar-refractivity contribution >= 4 is 19.7 Å². The minimum absolute atomic E-state index is 0.0284. The van der Waals surface area contributed by atoms with Gasteiger partial charge in [0.1, 0.15) is 19.3 Å². The lowest BCUT2D eigenvalue weighted by Crippen LogP contribution is -2.47. The monoisotopic (exact) mass is 1070 g/mol. The van der Waals surface area contributed by atoms with Crippen molar-refractivity contribution in [1.29, 1.82) is 0 Å². The van der Waals surface area contributed by atoms with Crippen molar-refractivity contribution in [3.05, 3.63) is 85.1 Å². The number of likely N-dealkylation sites (N-methyl/N-ethyl adjacent to an activating group) is 1. The number of carbonyl (C=O) groups excluding carboxylic acids is 2. The van der Waals surface area contributed by atoms with Crippen LogP contribution in [-0.2, 0) is 27.9 Å². The Morgan fingerprint density at radius 3 is 1.29 bits per heavy atom. The zero-order valence-electron chi connectivity index (χ0n) is 49.5. The highest BCUT2D eigenvalue weighted by atomic mass is 31.2. The minimum atomic E-state index is -4.46. The lowest BCUT2D eigenvalue weighted by atomic mass is 10.0. The number of nitrogens with one attached hydrogen (secondary N) is 1. The molecule has 0 radical (unpaired) electrons. The smallest absolute Gasteiger partial charge is 0.456 e. The predicted molar refractivity (Wildman–Crippen MR) is 323 cm³/mol. The van der Waals surface area contributed by atoms with Crippen LogP contribution in [0.1, 0.15) is 265 Å². The third-order valence-corrected chi connectivity index (χ3v) is 14.5. The third kappa shape index (κ3) is 55.7. The summed E-state index contributed by atoms with van der Waals surface area (Å²) >= 11 is 0. The second-order valence-corrected chi connectivity index (χ2v) is 23.5. The molecule has 3 atom stereocenters. The lowest BCUT2D eigenvalue weighted by Gasteiger charge is -2.27. The number of nitrogens with zero attached hydrogens (tertiary/aromatic N) is 1. The van der Waals surface area contributed by atoms with Gasteiger partial charge in [0, 0.05) is 12.8 Å². The van der Waals surface area contributed by atoms with E-state index in [-0.39, 0.29) is 37.9 Å². The van der Waals surface area contributed by atoms with Crippen molar-refractivity contribution in [3.8, 4) is 0 Å². The van der Waals surface area contributed by atoms with Crippen LogP contribution in [0.2, 0.25) is 0 Å². The maximum absolute atomic E-state index is 13.5. The van der Waals surface area contributed by atoms with E-state index in [4.69, 9.17) is 13.8 Å². The first-order valence-corrected chi connectivity index (χ1v) is 32.5. The Bertz CT molecular complexity index is 1560. The van der Waals surface area contributed by atoms with Gasteiger partial charge >= 0.3 is 13.8 Å². The van der Waals surface area contributed by atoms with Crippen molar-refractivity contribution < 1.29 is 37.3 Å². The van der Waals surface area contributed by atoms with Crippen LogP contribution >= 0.6 is 7.82 Å². The van der Waals surface area contributed by atoms with E-state index in [2.05, 4.69) is 38.2 Å². The molecule has 3 unspecified atom stereocenters. The molecule has 0 saturated carbocycles. The maximum atomic E-state index is 13.5. The number of phosphoric acid groups is 1. The Balaban J connectivity index is 5.25. The maximum Gasteiger partial charge on any atom is 0.472 e. The predicted octanol–water partition coefficient (Wildman–Crippen LogP) is 19.0. The van der Waals surface area contributed by atoms with Crippen LogP contribution in [0, 0.1) is 0 Å². The topological polar surface area (TPSA) is 111 Å². The molecule has 75 heavy (non-hydrogen) atoms. The summed E-state index contributed by atoms with van der Waals surface area (Å²) in [6, 6.07) is -0.873. The summed E-state index contributed by atoms with van der Waals surface area (Å²) in [5.41, 5.74) is 0. The average Bonchev–Trinajstić information content (AvgIpc) is 3.37. The Kier molecular flexibility index (Phi) is 52.5. The number of quaternary nitrogens is 1. The van der Waals surface area contributed by atoms with Gasteiger partial charge in [-0.05, 0) is 51.0 Å². The van der Waals surface area contributed by atoms with Crippen molar-refractivity contribution in [2.75, 3.05) is 40.9 Å². The van der Waals surface area contributed by atoms with Gasteiger partial charge in [0.25, 0.3) is 0 Å².